The first-order valence-corrected chi connectivity index (χ1v) is 11.8. The van der Waals surface area contributed by atoms with E-state index in [1.165, 1.54) is 11.3 Å². The van der Waals surface area contributed by atoms with E-state index in [1.54, 1.807) is 6.92 Å². The lowest BCUT2D eigenvalue weighted by Gasteiger charge is -2.39. The number of carbonyl (C=O) groups is 2. The number of ether oxygens (including phenoxy) is 2. The molecule has 0 aliphatic carbocycles. The van der Waals surface area contributed by atoms with Gasteiger partial charge in [-0.05, 0) is 71.2 Å². The Hall–Kier alpha value is -1.48. The van der Waals surface area contributed by atoms with Gasteiger partial charge in [0.15, 0.2) is 0 Å². The molecule has 1 aromatic rings. The number of hydrogen-bond donors (Lipinski definition) is 1. The van der Waals surface area contributed by atoms with Gasteiger partial charge in [-0.1, -0.05) is 0 Å². The van der Waals surface area contributed by atoms with Crippen molar-refractivity contribution in [3.05, 3.63) is 16.5 Å². The summed E-state index contributed by atoms with van der Waals surface area (Å²) in [6, 6.07) is 1.84. The highest BCUT2D eigenvalue weighted by atomic mass is 32.1. The Bertz CT molecular complexity index is 720. The highest BCUT2D eigenvalue weighted by Gasteiger charge is 2.27. The Balaban J connectivity index is 1.41. The third-order valence-corrected chi connectivity index (χ3v) is 6.86. The lowest BCUT2D eigenvalue weighted by molar-refractivity contribution is -0.117. The minimum Gasteiger partial charge on any atom is -0.462 e. The van der Waals surface area contributed by atoms with Crippen molar-refractivity contribution >= 4 is 28.2 Å². The summed E-state index contributed by atoms with van der Waals surface area (Å²) < 4.78 is 10.9. The number of piperidine rings is 1. The summed E-state index contributed by atoms with van der Waals surface area (Å²) in [6.07, 6.45) is 2.86. The van der Waals surface area contributed by atoms with Crippen LogP contribution in [0.4, 0.5) is 5.00 Å². The Morgan fingerprint density at radius 1 is 1.20 bits per heavy atom. The number of carbonyl (C=O) groups excluding carboxylic acids is 2. The van der Waals surface area contributed by atoms with Crippen LogP contribution in [0.2, 0.25) is 0 Å². The van der Waals surface area contributed by atoms with Crippen LogP contribution in [0.5, 0.6) is 0 Å². The smallest absolute Gasteiger partial charge is 0.348 e. The zero-order valence-electron chi connectivity index (χ0n) is 18.6. The second-order valence-corrected chi connectivity index (χ2v) is 9.64. The third kappa shape index (κ3) is 6.51. The SMILES string of the molecule is CCOC(=O)c1sc(NC(=O)CN2CCC(CN3CC(C)OC(C)C3)CC2)cc1C. The molecule has 0 spiro atoms. The molecule has 2 fully saturated rings. The lowest BCUT2D eigenvalue weighted by atomic mass is 9.95. The topological polar surface area (TPSA) is 71.1 Å². The summed E-state index contributed by atoms with van der Waals surface area (Å²) in [5, 5.41) is 3.64. The second kappa shape index (κ2) is 10.7. The largest absolute Gasteiger partial charge is 0.462 e. The van der Waals surface area contributed by atoms with E-state index < -0.39 is 0 Å². The highest BCUT2D eigenvalue weighted by Crippen LogP contribution is 2.27. The van der Waals surface area contributed by atoms with E-state index in [-0.39, 0.29) is 11.9 Å². The lowest BCUT2D eigenvalue weighted by Crippen LogP contribution is -2.48. The van der Waals surface area contributed by atoms with Crippen LogP contribution >= 0.6 is 11.3 Å². The molecular weight excluding hydrogens is 402 g/mol. The molecule has 30 heavy (non-hydrogen) atoms. The number of morpholine rings is 1. The minimum absolute atomic E-state index is 0.0269. The maximum Gasteiger partial charge on any atom is 0.348 e. The molecule has 2 atom stereocenters. The predicted molar refractivity (Wildman–Crippen MR) is 119 cm³/mol. The van der Waals surface area contributed by atoms with Crippen LogP contribution in [0.1, 0.15) is 48.8 Å². The first-order chi connectivity index (χ1) is 14.3. The van der Waals surface area contributed by atoms with E-state index in [0.717, 1.165) is 51.1 Å². The van der Waals surface area contributed by atoms with Gasteiger partial charge in [-0.25, -0.2) is 4.79 Å². The number of likely N-dealkylation sites (tertiary alicyclic amines) is 1. The van der Waals surface area contributed by atoms with Crippen molar-refractivity contribution < 1.29 is 19.1 Å². The molecule has 0 radical (unpaired) electrons. The number of anilines is 1. The summed E-state index contributed by atoms with van der Waals surface area (Å²) in [5.41, 5.74) is 0.835. The van der Waals surface area contributed by atoms with Gasteiger partial charge in [0.05, 0.1) is 30.4 Å². The van der Waals surface area contributed by atoms with Gasteiger partial charge in [0.25, 0.3) is 0 Å². The van der Waals surface area contributed by atoms with Crippen LogP contribution in [0, 0.1) is 12.8 Å². The average Bonchev–Trinajstić information content (AvgIpc) is 3.03. The number of nitrogens with one attached hydrogen (secondary N) is 1. The molecule has 2 saturated heterocycles. The highest BCUT2D eigenvalue weighted by molar-refractivity contribution is 7.18. The number of amides is 1. The molecule has 2 unspecified atom stereocenters. The zero-order chi connectivity index (χ0) is 21.7. The van der Waals surface area contributed by atoms with Gasteiger partial charge >= 0.3 is 5.97 Å². The second-order valence-electron chi connectivity index (χ2n) is 8.59. The quantitative estimate of drug-likeness (QED) is 0.662. The number of hydrogen-bond acceptors (Lipinski definition) is 7. The molecular formula is C22H35N3O4S. The van der Waals surface area contributed by atoms with E-state index in [2.05, 4.69) is 29.0 Å². The van der Waals surface area contributed by atoms with Crippen molar-refractivity contribution in [1.29, 1.82) is 0 Å². The van der Waals surface area contributed by atoms with Crippen molar-refractivity contribution in [2.75, 3.05) is 51.2 Å². The van der Waals surface area contributed by atoms with Crippen molar-refractivity contribution in [2.45, 2.75) is 52.7 Å². The van der Waals surface area contributed by atoms with Gasteiger partial charge in [-0.15, -0.1) is 11.3 Å². The molecule has 168 valence electrons. The molecule has 0 bridgehead atoms. The molecule has 1 amide bonds. The Kier molecular flexibility index (Phi) is 8.27. The summed E-state index contributed by atoms with van der Waals surface area (Å²) >= 11 is 1.28. The maximum absolute atomic E-state index is 12.5. The third-order valence-electron chi connectivity index (χ3n) is 5.73. The molecule has 1 N–H and O–H groups in total. The summed E-state index contributed by atoms with van der Waals surface area (Å²) in [5.74, 6) is 0.335. The Morgan fingerprint density at radius 2 is 1.87 bits per heavy atom. The standard InChI is InChI=1S/C22H35N3O4S/c1-5-28-22(27)21-15(2)10-20(30-21)23-19(26)14-24-8-6-18(7-9-24)13-25-11-16(3)29-17(4)12-25/h10,16-18H,5-9,11-14H2,1-4H3,(H,23,26). The number of thiophene rings is 1. The molecule has 2 aliphatic rings. The molecule has 2 aliphatic heterocycles. The van der Waals surface area contributed by atoms with Crippen molar-refractivity contribution in [1.82, 2.24) is 9.80 Å². The molecule has 8 heteroatoms. The van der Waals surface area contributed by atoms with Gasteiger partial charge < -0.3 is 14.8 Å². The van der Waals surface area contributed by atoms with Crippen molar-refractivity contribution in [2.24, 2.45) is 5.92 Å². The molecule has 0 saturated carbocycles. The van der Waals surface area contributed by atoms with Gasteiger partial charge in [-0.2, -0.15) is 0 Å². The fourth-order valence-electron chi connectivity index (χ4n) is 4.45. The minimum atomic E-state index is -0.327. The van der Waals surface area contributed by atoms with Crippen LogP contribution in [-0.4, -0.2) is 79.8 Å². The number of nitrogens with zero attached hydrogens (tertiary/aromatic N) is 2. The molecule has 7 nitrogen and oxygen atoms in total. The van der Waals surface area contributed by atoms with Crippen LogP contribution in [0.15, 0.2) is 6.07 Å². The number of aryl methyl sites for hydroxylation is 1. The molecule has 3 rings (SSSR count). The van der Waals surface area contributed by atoms with Gasteiger partial charge in [-0.3, -0.25) is 14.6 Å². The average molecular weight is 438 g/mol. The van der Waals surface area contributed by atoms with E-state index >= 15 is 0 Å². The van der Waals surface area contributed by atoms with E-state index in [9.17, 15) is 9.59 Å². The molecule has 3 heterocycles. The Morgan fingerprint density at radius 3 is 2.50 bits per heavy atom. The predicted octanol–water partition coefficient (Wildman–Crippen LogP) is 2.99. The van der Waals surface area contributed by atoms with Crippen LogP contribution in [-0.2, 0) is 14.3 Å². The van der Waals surface area contributed by atoms with Crippen LogP contribution < -0.4 is 5.32 Å². The van der Waals surface area contributed by atoms with Gasteiger partial charge in [0, 0.05) is 19.6 Å². The Labute approximate surface area is 183 Å². The van der Waals surface area contributed by atoms with E-state index in [4.69, 9.17) is 9.47 Å². The first kappa shape index (κ1) is 23.2. The summed E-state index contributed by atoms with van der Waals surface area (Å²) in [6.45, 7) is 13.7. The van der Waals surface area contributed by atoms with E-state index in [1.807, 2.05) is 13.0 Å². The molecule has 1 aromatic heterocycles. The van der Waals surface area contributed by atoms with Crippen LogP contribution in [0.3, 0.4) is 0 Å². The molecule has 0 aromatic carbocycles. The maximum atomic E-state index is 12.5. The fraction of sp³-hybridized carbons (Fsp3) is 0.727. The van der Waals surface area contributed by atoms with Gasteiger partial charge in [0.1, 0.15) is 4.88 Å². The fourth-order valence-corrected chi connectivity index (χ4v) is 5.43. The number of esters is 1. The van der Waals surface area contributed by atoms with Crippen LogP contribution in [0.25, 0.3) is 0 Å². The normalized spacial score (nSPS) is 24.0. The number of rotatable bonds is 7. The monoisotopic (exact) mass is 437 g/mol. The van der Waals surface area contributed by atoms with Gasteiger partial charge in [0.2, 0.25) is 5.91 Å². The summed E-state index contributed by atoms with van der Waals surface area (Å²) in [4.78, 5) is 29.7. The van der Waals surface area contributed by atoms with E-state index in [0.29, 0.717) is 41.2 Å². The van der Waals surface area contributed by atoms with Crippen molar-refractivity contribution in [3.63, 3.8) is 0 Å². The summed E-state index contributed by atoms with van der Waals surface area (Å²) in [7, 11) is 0. The van der Waals surface area contributed by atoms with Crippen molar-refractivity contribution in [3.8, 4) is 0 Å². The zero-order valence-corrected chi connectivity index (χ0v) is 19.4. The first-order valence-electron chi connectivity index (χ1n) is 11.0.